The summed E-state index contributed by atoms with van der Waals surface area (Å²) in [4.78, 5) is 2.40. The van der Waals surface area contributed by atoms with Crippen molar-refractivity contribution in [1.82, 2.24) is 4.90 Å². The molecule has 104 valence electrons. The van der Waals surface area contributed by atoms with Gasteiger partial charge in [0.05, 0.1) is 16.7 Å². The molecule has 4 heteroatoms. The quantitative estimate of drug-likeness (QED) is 0.844. The van der Waals surface area contributed by atoms with Crippen molar-refractivity contribution >= 4 is 23.2 Å². The van der Waals surface area contributed by atoms with Crippen molar-refractivity contribution in [3.63, 3.8) is 0 Å². The van der Waals surface area contributed by atoms with Gasteiger partial charge in [0, 0.05) is 25.1 Å². The van der Waals surface area contributed by atoms with Gasteiger partial charge in [-0.15, -0.1) is 0 Å². The fourth-order valence-corrected chi connectivity index (χ4v) is 4.09. The zero-order valence-corrected chi connectivity index (χ0v) is 12.8. The minimum absolute atomic E-state index is 0.234. The van der Waals surface area contributed by atoms with Gasteiger partial charge in [-0.1, -0.05) is 29.3 Å². The van der Waals surface area contributed by atoms with E-state index < -0.39 is 0 Å². The van der Waals surface area contributed by atoms with E-state index in [0.717, 1.165) is 26.3 Å². The third-order valence-electron chi connectivity index (χ3n) is 4.70. The Balaban J connectivity index is 1.89. The molecule has 2 aliphatic rings. The molecule has 0 aromatic heterocycles. The first-order chi connectivity index (χ1) is 9.09. The van der Waals surface area contributed by atoms with E-state index in [0.29, 0.717) is 21.9 Å². The number of halogens is 2. The molecular formula is C15H19Cl2NO. The molecule has 1 aromatic carbocycles. The first kappa shape index (κ1) is 13.7. The molecule has 2 nitrogen and oxygen atoms in total. The number of nitrogens with zero attached hydrogens (tertiary/aromatic N) is 1. The Labute approximate surface area is 124 Å². The minimum Gasteiger partial charge on any atom is -0.381 e. The molecule has 19 heavy (non-hydrogen) atoms. The summed E-state index contributed by atoms with van der Waals surface area (Å²) in [6.07, 6.45) is 0. The van der Waals surface area contributed by atoms with E-state index in [9.17, 15) is 0 Å². The van der Waals surface area contributed by atoms with Gasteiger partial charge in [-0.3, -0.25) is 0 Å². The number of likely N-dealkylation sites (N-methyl/N-ethyl adjacent to an activating group) is 1. The summed E-state index contributed by atoms with van der Waals surface area (Å²) >= 11 is 12.2. The highest BCUT2D eigenvalue weighted by molar-refractivity contribution is 6.42. The highest BCUT2D eigenvalue weighted by Crippen LogP contribution is 2.64. The number of hydrogen-bond donors (Lipinski definition) is 0. The van der Waals surface area contributed by atoms with Crippen LogP contribution in [0.15, 0.2) is 18.2 Å². The third kappa shape index (κ3) is 2.09. The van der Waals surface area contributed by atoms with E-state index in [1.54, 1.807) is 0 Å². The minimum atomic E-state index is 0.234. The van der Waals surface area contributed by atoms with Crippen LogP contribution in [0.4, 0.5) is 0 Å². The fraction of sp³-hybridized carbons (Fsp3) is 0.600. The molecule has 0 radical (unpaired) electrons. The maximum atomic E-state index is 6.18. The zero-order chi connectivity index (χ0) is 13.6. The molecule has 0 spiro atoms. The van der Waals surface area contributed by atoms with Crippen molar-refractivity contribution in [3.05, 3.63) is 33.8 Å². The number of piperidine rings is 1. The van der Waals surface area contributed by atoms with Crippen LogP contribution in [-0.4, -0.2) is 38.3 Å². The molecule has 1 aromatic rings. The molecule has 0 N–H and O–H groups in total. The maximum Gasteiger partial charge on any atom is 0.0595 e. The Morgan fingerprint density at radius 3 is 2.84 bits per heavy atom. The molecule has 3 atom stereocenters. The van der Waals surface area contributed by atoms with E-state index in [1.165, 1.54) is 5.56 Å². The lowest BCUT2D eigenvalue weighted by Crippen LogP contribution is -2.27. The Bertz CT molecular complexity index is 493. The highest BCUT2D eigenvalue weighted by atomic mass is 35.5. The molecule has 1 heterocycles. The molecule has 1 saturated carbocycles. The van der Waals surface area contributed by atoms with Crippen LogP contribution in [0.5, 0.6) is 0 Å². The van der Waals surface area contributed by atoms with Gasteiger partial charge in [-0.2, -0.15) is 0 Å². The second-order valence-corrected chi connectivity index (χ2v) is 6.55. The number of hydrogen-bond acceptors (Lipinski definition) is 2. The van der Waals surface area contributed by atoms with Crippen LogP contribution in [-0.2, 0) is 10.2 Å². The van der Waals surface area contributed by atoms with Gasteiger partial charge >= 0.3 is 0 Å². The van der Waals surface area contributed by atoms with Crippen LogP contribution >= 0.6 is 23.2 Å². The fourth-order valence-electron chi connectivity index (χ4n) is 3.79. The monoisotopic (exact) mass is 299 g/mol. The van der Waals surface area contributed by atoms with Crippen LogP contribution in [0.3, 0.4) is 0 Å². The van der Waals surface area contributed by atoms with Crippen LogP contribution in [0.2, 0.25) is 10.0 Å². The van der Waals surface area contributed by atoms with E-state index in [-0.39, 0.29) is 5.41 Å². The normalized spacial score (nSPS) is 33.5. The highest BCUT2D eigenvalue weighted by Gasteiger charge is 2.68. The SMILES string of the molecule is CCOC[C@H]1[C@@H]2CN(C)C[C@]12c1ccc(Cl)c(Cl)c1. The average Bonchev–Trinajstić information content (AvgIpc) is 2.80. The van der Waals surface area contributed by atoms with Crippen molar-refractivity contribution < 1.29 is 4.74 Å². The Kier molecular flexibility index (Phi) is 3.55. The largest absolute Gasteiger partial charge is 0.381 e. The number of rotatable bonds is 4. The number of ether oxygens (including phenoxy) is 1. The standard InChI is InChI=1S/C15H19Cl2NO/c1-3-19-8-12-11-7-18(2)9-15(11,12)10-4-5-13(16)14(17)6-10/h4-6,11-12H,3,7-9H2,1-2H3/t11-,12-,15+/m0/s1. The summed E-state index contributed by atoms with van der Waals surface area (Å²) in [7, 11) is 2.18. The van der Waals surface area contributed by atoms with Gasteiger partial charge < -0.3 is 9.64 Å². The van der Waals surface area contributed by atoms with Crippen LogP contribution in [0.25, 0.3) is 0 Å². The van der Waals surface area contributed by atoms with E-state index in [2.05, 4.69) is 24.9 Å². The summed E-state index contributed by atoms with van der Waals surface area (Å²) in [5.41, 5.74) is 1.55. The van der Waals surface area contributed by atoms with Crippen LogP contribution in [0, 0.1) is 11.8 Å². The smallest absolute Gasteiger partial charge is 0.0595 e. The summed E-state index contributed by atoms with van der Waals surface area (Å²) in [5, 5.41) is 1.29. The van der Waals surface area contributed by atoms with Gasteiger partial charge in [-0.05, 0) is 43.5 Å². The van der Waals surface area contributed by atoms with Crippen molar-refractivity contribution in [2.45, 2.75) is 12.3 Å². The number of likely N-dealkylation sites (tertiary alicyclic amines) is 1. The lowest BCUT2D eigenvalue weighted by molar-refractivity contribution is 0.120. The van der Waals surface area contributed by atoms with E-state index in [4.69, 9.17) is 27.9 Å². The van der Waals surface area contributed by atoms with Gasteiger partial charge in [0.2, 0.25) is 0 Å². The molecule has 1 saturated heterocycles. The molecule has 3 rings (SSSR count). The third-order valence-corrected chi connectivity index (χ3v) is 5.44. The second kappa shape index (κ2) is 4.92. The Hall–Kier alpha value is -0.280. The first-order valence-corrected chi connectivity index (χ1v) is 7.57. The van der Waals surface area contributed by atoms with Gasteiger partial charge in [0.15, 0.2) is 0 Å². The molecule has 0 bridgehead atoms. The Morgan fingerprint density at radius 2 is 2.16 bits per heavy atom. The van der Waals surface area contributed by atoms with Crippen molar-refractivity contribution in [3.8, 4) is 0 Å². The molecule has 1 aliphatic heterocycles. The predicted molar refractivity (Wildman–Crippen MR) is 79.1 cm³/mol. The molecular weight excluding hydrogens is 281 g/mol. The number of benzene rings is 1. The summed E-state index contributed by atoms with van der Waals surface area (Å²) < 4.78 is 5.65. The lowest BCUT2D eigenvalue weighted by atomic mass is 9.93. The van der Waals surface area contributed by atoms with Crippen molar-refractivity contribution in [1.29, 1.82) is 0 Å². The first-order valence-electron chi connectivity index (χ1n) is 6.81. The number of fused-ring (bicyclic) bond motifs is 1. The molecule has 0 unspecified atom stereocenters. The van der Waals surface area contributed by atoms with Crippen molar-refractivity contribution in [2.24, 2.45) is 11.8 Å². The Morgan fingerprint density at radius 1 is 1.37 bits per heavy atom. The maximum absolute atomic E-state index is 6.18. The van der Waals surface area contributed by atoms with Gasteiger partial charge in [0.1, 0.15) is 0 Å². The van der Waals surface area contributed by atoms with Crippen molar-refractivity contribution in [2.75, 3.05) is 33.4 Å². The van der Waals surface area contributed by atoms with Gasteiger partial charge in [0.25, 0.3) is 0 Å². The van der Waals surface area contributed by atoms with Crippen LogP contribution < -0.4 is 0 Å². The van der Waals surface area contributed by atoms with E-state index >= 15 is 0 Å². The van der Waals surface area contributed by atoms with Crippen LogP contribution in [0.1, 0.15) is 12.5 Å². The summed E-state index contributed by atoms with van der Waals surface area (Å²) in [6, 6.07) is 6.09. The van der Waals surface area contributed by atoms with E-state index in [1.807, 2.05) is 12.1 Å². The molecule has 1 aliphatic carbocycles. The lowest BCUT2D eigenvalue weighted by Gasteiger charge is -2.21. The van der Waals surface area contributed by atoms with Gasteiger partial charge in [-0.25, -0.2) is 0 Å². The molecule has 0 amide bonds. The predicted octanol–water partition coefficient (Wildman–Crippen LogP) is 3.46. The second-order valence-electron chi connectivity index (χ2n) is 5.74. The topological polar surface area (TPSA) is 12.5 Å². The summed E-state index contributed by atoms with van der Waals surface area (Å²) in [6.45, 7) is 5.94. The average molecular weight is 300 g/mol. The zero-order valence-electron chi connectivity index (χ0n) is 11.3. The molecule has 2 fully saturated rings. The summed E-state index contributed by atoms with van der Waals surface area (Å²) in [5.74, 6) is 1.32.